The molecule has 0 saturated carbocycles. The summed E-state index contributed by atoms with van der Waals surface area (Å²) >= 11 is 0. The smallest absolute Gasteiger partial charge is 0.157 e. The van der Waals surface area contributed by atoms with Crippen LogP contribution < -0.4 is 15.0 Å². The first-order chi connectivity index (χ1) is 13.3. The average Bonchev–Trinajstić information content (AvgIpc) is 2.98. The van der Waals surface area contributed by atoms with Crippen molar-refractivity contribution in [2.24, 2.45) is 5.92 Å². The fourth-order valence-corrected chi connectivity index (χ4v) is 4.11. The zero-order valence-electron chi connectivity index (χ0n) is 15.7. The van der Waals surface area contributed by atoms with E-state index < -0.39 is 0 Å². The summed E-state index contributed by atoms with van der Waals surface area (Å²) < 4.78 is 8.08. The molecule has 1 aromatic carbocycles. The van der Waals surface area contributed by atoms with Crippen LogP contribution in [0.1, 0.15) is 16.8 Å². The van der Waals surface area contributed by atoms with Gasteiger partial charge < -0.3 is 15.0 Å². The Hall–Kier alpha value is -2.60. The van der Waals surface area contributed by atoms with E-state index in [0.717, 1.165) is 57.0 Å². The number of benzene rings is 1. The summed E-state index contributed by atoms with van der Waals surface area (Å²) in [5, 5.41) is 8.04. The minimum Gasteiger partial charge on any atom is -0.493 e. The maximum absolute atomic E-state index is 6.06. The van der Waals surface area contributed by atoms with Gasteiger partial charge in [0.05, 0.1) is 18.5 Å². The molecular formula is C21H25N5O. The molecule has 2 aromatic heterocycles. The zero-order chi connectivity index (χ0) is 18.2. The lowest BCUT2D eigenvalue weighted by atomic mass is 9.99. The molecule has 0 radical (unpaired) electrons. The third kappa shape index (κ3) is 3.04. The van der Waals surface area contributed by atoms with Crippen molar-refractivity contribution in [1.82, 2.24) is 19.9 Å². The Balaban J connectivity index is 1.34. The Morgan fingerprint density at radius 2 is 2.00 bits per heavy atom. The first kappa shape index (κ1) is 16.6. The predicted octanol–water partition coefficient (Wildman–Crippen LogP) is 2.24. The first-order valence-electron chi connectivity index (χ1n) is 9.79. The van der Waals surface area contributed by atoms with Crippen LogP contribution in [0, 0.1) is 12.8 Å². The standard InChI is InChI=1S/C21H25N5O/c1-15-4-2-3-5-19(15)27-14-16-12-25(13-16)21-17-6-9-22-10-7-18(17)24-20-8-11-23-26(20)21/h2-5,8,11,16,22H,6-7,9-10,12-14H2,1H3. The number of nitrogens with zero attached hydrogens (tertiary/aromatic N) is 4. The number of nitrogens with one attached hydrogen (secondary N) is 1. The highest BCUT2D eigenvalue weighted by Crippen LogP contribution is 2.31. The lowest BCUT2D eigenvalue weighted by Gasteiger charge is -2.41. The van der Waals surface area contributed by atoms with Crippen LogP contribution in [0.3, 0.4) is 0 Å². The van der Waals surface area contributed by atoms with E-state index in [1.807, 2.05) is 28.9 Å². The molecule has 3 aromatic rings. The summed E-state index contributed by atoms with van der Waals surface area (Å²) in [6, 6.07) is 10.2. The van der Waals surface area contributed by atoms with Crippen LogP contribution in [0.25, 0.3) is 5.65 Å². The summed E-state index contributed by atoms with van der Waals surface area (Å²) in [4.78, 5) is 7.29. The Morgan fingerprint density at radius 3 is 2.89 bits per heavy atom. The number of hydrogen-bond acceptors (Lipinski definition) is 5. The van der Waals surface area contributed by atoms with Crippen LogP contribution >= 0.6 is 0 Å². The van der Waals surface area contributed by atoms with Crippen LogP contribution in [0.2, 0.25) is 0 Å². The maximum atomic E-state index is 6.06. The van der Waals surface area contributed by atoms with Gasteiger partial charge in [0.1, 0.15) is 11.6 Å². The number of hydrogen-bond donors (Lipinski definition) is 1. The second kappa shape index (κ2) is 6.85. The van der Waals surface area contributed by atoms with Gasteiger partial charge in [-0.2, -0.15) is 9.61 Å². The normalized spacial score (nSPS) is 17.4. The summed E-state index contributed by atoms with van der Waals surface area (Å²) in [7, 11) is 0. The quantitative estimate of drug-likeness (QED) is 0.770. The molecule has 0 aliphatic carbocycles. The van der Waals surface area contributed by atoms with Crippen molar-refractivity contribution in [3.8, 4) is 5.75 Å². The Morgan fingerprint density at radius 1 is 1.15 bits per heavy atom. The fraction of sp³-hybridized carbons (Fsp3) is 0.429. The van der Waals surface area contributed by atoms with Crippen LogP contribution in [-0.2, 0) is 12.8 Å². The second-order valence-corrected chi connectivity index (χ2v) is 7.56. The summed E-state index contributed by atoms with van der Waals surface area (Å²) in [6.45, 7) is 6.86. The molecule has 0 amide bonds. The topological polar surface area (TPSA) is 54.7 Å². The van der Waals surface area contributed by atoms with E-state index in [4.69, 9.17) is 9.72 Å². The van der Waals surface area contributed by atoms with E-state index in [-0.39, 0.29) is 0 Å². The molecule has 2 aliphatic heterocycles. The van der Waals surface area contributed by atoms with E-state index in [9.17, 15) is 0 Å². The molecule has 140 valence electrons. The molecule has 1 fully saturated rings. The summed E-state index contributed by atoms with van der Waals surface area (Å²) in [6.07, 6.45) is 3.84. The van der Waals surface area contributed by atoms with E-state index in [1.165, 1.54) is 22.6 Å². The largest absolute Gasteiger partial charge is 0.493 e. The van der Waals surface area contributed by atoms with Crippen molar-refractivity contribution < 1.29 is 4.74 Å². The van der Waals surface area contributed by atoms with Crippen molar-refractivity contribution in [3.63, 3.8) is 0 Å². The molecule has 0 unspecified atom stereocenters. The maximum Gasteiger partial charge on any atom is 0.157 e. The Bertz CT molecular complexity index is 960. The van der Waals surface area contributed by atoms with Crippen molar-refractivity contribution in [2.45, 2.75) is 19.8 Å². The van der Waals surface area contributed by atoms with E-state index in [0.29, 0.717) is 5.92 Å². The highest BCUT2D eigenvalue weighted by molar-refractivity contribution is 5.59. The van der Waals surface area contributed by atoms with Gasteiger partial charge in [0.2, 0.25) is 0 Å². The SMILES string of the molecule is Cc1ccccc1OCC1CN(c2c3c(nc4ccnn24)CCNCC3)C1. The third-order valence-electron chi connectivity index (χ3n) is 5.61. The van der Waals surface area contributed by atoms with E-state index in [1.54, 1.807) is 0 Å². The number of rotatable bonds is 4. The number of fused-ring (bicyclic) bond motifs is 2. The predicted molar refractivity (Wildman–Crippen MR) is 106 cm³/mol. The highest BCUT2D eigenvalue weighted by atomic mass is 16.5. The van der Waals surface area contributed by atoms with Crippen molar-refractivity contribution in [1.29, 1.82) is 0 Å². The minimum atomic E-state index is 0.544. The monoisotopic (exact) mass is 363 g/mol. The lowest BCUT2D eigenvalue weighted by Crippen LogP contribution is -2.50. The molecule has 6 nitrogen and oxygen atoms in total. The molecule has 6 heteroatoms. The molecular weight excluding hydrogens is 338 g/mol. The first-order valence-corrected chi connectivity index (χ1v) is 9.79. The molecule has 5 rings (SSSR count). The summed E-state index contributed by atoms with van der Waals surface area (Å²) in [5.74, 6) is 2.77. The van der Waals surface area contributed by atoms with Gasteiger partial charge in [-0.1, -0.05) is 18.2 Å². The van der Waals surface area contributed by atoms with E-state index >= 15 is 0 Å². The van der Waals surface area contributed by atoms with Gasteiger partial charge in [0, 0.05) is 43.6 Å². The van der Waals surface area contributed by atoms with Crippen LogP contribution in [-0.4, -0.2) is 47.4 Å². The van der Waals surface area contributed by atoms with Gasteiger partial charge >= 0.3 is 0 Å². The molecule has 1 saturated heterocycles. The van der Waals surface area contributed by atoms with Crippen molar-refractivity contribution >= 4 is 11.5 Å². The molecule has 2 aliphatic rings. The number of para-hydroxylation sites is 1. The Labute approximate surface area is 159 Å². The number of aryl methyl sites for hydroxylation is 1. The van der Waals surface area contributed by atoms with E-state index in [2.05, 4.69) is 34.4 Å². The van der Waals surface area contributed by atoms with Gasteiger partial charge in [-0.3, -0.25) is 0 Å². The molecule has 27 heavy (non-hydrogen) atoms. The molecule has 0 bridgehead atoms. The minimum absolute atomic E-state index is 0.544. The van der Waals surface area contributed by atoms with Crippen molar-refractivity contribution in [2.75, 3.05) is 37.7 Å². The van der Waals surface area contributed by atoms with Gasteiger partial charge in [-0.15, -0.1) is 0 Å². The molecule has 4 heterocycles. The Kier molecular flexibility index (Phi) is 4.20. The average molecular weight is 363 g/mol. The molecule has 0 spiro atoms. The van der Waals surface area contributed by atoms with Gasteiger partial charge in [0.15, 0.2) is 5.65 Å². The van der Waals surface area contributed by atoms with Crippen LogP contribution in [0.15, 0.2) is 36.5 Å². The summed E-state index contributed by atoms with van der Waals surface area (Å²) in [5.41, 5.74) is 4.72. The molecule has 0 atom stereocenters. The van der Waals surface area contributed by atoms with Gasteiger partial charge in [-0.25, -0.2) is 4.98 Å². The number of ether oxygens (including phenoxy) is 1. The third-order valence-corrected chi connectivity index (χ3v) is 5.61. The van der Waals surface area contributed by atoms with Gasteiger partial charge in [-0.05, 0) is 31.5 Å². The van der Waals surface area contributed by atoms with Crippen LogP contribution in [0.4, 0.5) is 5.82 Å². The fourth-order valence-electron chi connectivity index (χ4n) is 4.11. The zero-order valence-corrected chi connectivity index (χ0v) is 15.7. The van der Waals surface area contributed by atoms with Crippen LogP contribution in [0.5, 0.6) is 5.75 Å². The second-order valence-electron chi connectivity index (χ2n) is 7.56. The van der Waals surface area contributed by atoms with Crippen molar-refractivity contribution in [3.05, 3.63) is 53.3 Å². The lowest BCUT2D eigenvalue weighted by molar-refractivity contribution is 0.218. The number of anilines is 1. The molecule has 1 N–H and O–H groups in total. The highest BCUT2D eigenvalue weighted by Gasteiger charge is 2.32. The van der Waals surface area contributed by atoms with Gasteiger partial charge in [0.25, 0.3) is 0 Å². The number of aromatic nitrogens is 3.